The number of nitrogens with zero attached hydrogens (tertiary/aromatic N) is 12. The van der Waals surface area contributed by atoms with Crippen molar-refractivity contribution < 1.29 is 66.8 Å². The number of nitrogens with one attached hydrogen (secondary N) is 4. The first-order valence-electron chi connectivity index (χ1n) is 25.4. The standard InChI is InChI=1S/C49H63ClF2N16O12/c1-78-14-11-66-27-40(59-61-66)33-18-34(20-35(19-33)47(76)55-4-3-54-43(70)29-63-5-7-64(30-45(72)73)9-10-65(8-6-63)31-46(74)75)41-28-67(62-60-41)12-15-80-17-16-79-13-2-42(69)57-24-36-21-38(39(50)25-56-36)48(77)58-26-44(71)68-32-49(51,52)22-37(68)23-53/h18-21,25,27-28,37H,2-17,22,24,26,29-32H2,1H3,(H,54,70)(H,55,76)(H,57,69)(H,58,77)(H,72,73)(H,74,75)/t37-/m1/s1. The summed E-state index contributed by atoms with van der Waals surface area (Å²) in [4.78, 5) is 97.4. The molecule has 80 heavy (non-hydrogen) atoms. The molecule has 2 fully saturated rings. The van der Waals surface area contributed by atoms with Crippen LogP contribution in [0.25, 0.3) is 22.5 Å². The van der Waals surface area contributed by atoms with Gasteiger partial charge in [-0.15, -0.1) is 10.2 Å². The quantitative estimate of drug-likeness (QED) is 0.0358. The summed E-state index contributed by atoms with van der Waals surface area (Å²) in [6.45, 7) is 2.27. The Morgan fingerprint density at radius 2 is 1.31 bits per heavy atom. The molecule has 2 saturated heterocycles. The molecule has 2 aliphatic heterocycles. The monoisotopic (exact) mass is 1140 g/mol. The highest BCUT2D eigenvalue weighted by atomic mass is 35.5. The van der Waals surface area contributed by atoms with E-state index in [4.69, 9.17) is 31.1 Å². The lowest BCUT2D eigenvalue weighted by Gasteiger charge is -2.24. The van der Waals surface area contributed by atoms with Crippen molar-refractivity contribution in [1.29, 1.82) is 5.26 Å². The third-order valence-corrected chi connectivity index (χ3v) is 12.8. The molecule has 0 spiro atoms. The summed E-state index contributed by atoms with van der Waals surface area (Å²) in [5.41, 5.74) is 2.56. The van der Waals surface area contributed by atoms with Crippen LogP contribution in [0.1, 0.15) is 39.3 Å². The summed E-state index contributed by atoms with van der Waals surface area (Å²) in [5, 5.41) is 55.4. The van der Waals surface area contributed by atoms with E-state index in [2.05, 4.69) is 46.9 Å². The van der Waals surface area contributed by atoms with Crippen LogP contribution in [0.15, 0.2) is 42.9 Å². The molecule has 5 amide bonds. The van der Waals surface area contributed by atoms with E-state index in [0.717, 1.165) is 4.90 Å². The van der Waals surface area contributed by atoms with Crippen molar-refractivity contribution in [3.05, 3.63) is 64.7 Å². The van der Waals surface area contributed by atoms with Crippen LogP contribution >= 0.6 is 11.6 Å². The highest BCUT2D eigenvalue weighted by Gasteiger charge is 2.47. The number of carbonyl (C=O) groups is 7. The van der Waals surface area contributed by atoms with Crippen molar-refractivity contribution in [2.45, 2.75) is 44.4 Å². The molecule has 0 aliphatic carbocycles. The molecule has 2 aliphatic rings. The maximum atomic E-state index is 13.8. The van der Waals surface area contributed by atoms with Crippen molar-refractivity contribution in [3.63, 3.8) is 0 Å². The number of halogens is 3. The smallest absolute Gasteiger partial charge is 0.317 e. The Morgan fingerprint density at radius 1 is 0.738 bits per heavy atom. The van der Waals surface area contributed by atoms with Gasteiger partial charge >= 0.3 is 11.9 Å². The zero-order chi connectivity index (χ0) is 57.6. The van der Waals surface area contributed by atoms with Crippen LogP contribution < -0.4 is 21.3 Å². The molecule has 1 aromatic carbocycles. The first kappa shape index (κ1) is 61.6. The molecule has 0 unspecified atom stereocenters. The predicted octanol–water partition coefficient (Wildman–Crippen LogP) is -0.938. The molecule has 0 radical (unpaired) electrons. The SMILES string of the molecule is COCCn1cc(-c2cc(C(=O)NCCNC(=O)CN3CCN(CC(=O)O)CCN(CC(=O)O)CC3)cc(-c3cn(CCOCCOCCC(=O)NCc4cc(C(=O)NCC(=O)N5CC(F)(F)C[C@@H]5C#N)c(Cl)cn4)nn3)c2)nn1. The lowest BCUT2D eigenvalue weighted by atomic mass is 10.0. The number of alkyl halides is 2. The number of pyridine rings is 1. The number of ether oxygens (including phenoxy) is 3. The van der Waals surface area contributed by atoms with Crippen molar-refractivity contribution in [2.24, 2.45) is 0 Å². The molecule has 4 aromatic rings. The first-order chi connectivity index (χ1) is 38.4. The summed E-state index contributed by atoms with van der Waals surface area (Å²) in [6, 6.07) is 6.80. The molecule has 5 heterocycles. The fraction of sp³-hybridized carbons (Fsp3) is 0.531. The van der Waals surface area contributed by atoms with Crippen molar-refractivity contribution in [3.8, 4) is 28.6 Å². The number of rotatable bonds is 29. The van der Waals surface area contributed by atoms with E-state index in [9.17, 15) is 52.6 Å². The van der Waals surface area contributed by atoms with Crippen molar-refractivity contribution >= 4 is 53.1 Å². The van der Waals surface area contributed by atoms with E-state index in [0.29, 0.717) is 81.5 Å². The van der Waals surface area contributed by atoms with Crippen LogP contribution in [-0.2, 0) is 57.8 Å². The number of amides is 5. The summed E-state index contributed by atoms with van der Waals surface area (Å²) < 4.78 is 47.1. The Morgan fingerprint density at radius 3 is 1.90 bits per heavy atom. The summed E-state index contributed by atoms with van der Waals surface area (Å²) in [5.74, 6) is -7.98. The average molecular weight is 1140 g/mol. The second kappa shape index (κ2) is 30.6. The molecule has 6 rings (SSSR count). The second-order valence-corrected chi connectivity index (χ2v) is 19.0. The van der Waals surface area contributed by atoms with Gasteiger partial charge in [0.05, 0.1) is 120 Å². The summed E-state index contributed by atoms with van der Waals surface area (Å²) in [7, 11) is 1.57. The molecular weight excluding hydrogens is 1080 g/mol. The number of hydrogen-bond donors (Lipinski definition) is 6. The number of likely N-dealkylation sites (tertiary alicyclic amines) is 1. The number of benzene rings is 1. The normalized spacial score (nSPS) is 16.0. The predicted molar refractivity (Wildman–Crippen MR) is 277 cm³/mol. The van der Waals surface area contributed by atoms with E-state index in [1.165, 1.54) is 12.3 Å². The van der Waals surface area contributed by atoms with E-state index in [1.54, 1.807) is 62.9 Å². The number of nitriles is 1. The Kier molecular flexibility index (Phi) is 23.6. The Labute approximate surface area is 462 Å². The molecule has 1 atom stereocenters. The fourth-order valence-electron chi connectivity index (χ4n) is 8.32. The van der Waals surface area contributed by atoms with Gasteiger partial charge in [-0.2, -0.15) is 5.26 Å². The maximum Gasteiger partial charge on any atom is 0.317 e. The zero-order valence-corrected chi connectivity index (χ0v) is 44.6. The van der Waals surface area contributed by atoms with Gasteiger partial charge in [0, 0.05) is 95.2 Å². The third-order valence-electron chi connectivity index (χ3n) is 12.5. The van der Waals surface area contributed by atoms with Gasteiger partial charge in [-0.3, -0.25) is 53.2 Å². The van der Waals surface area contributed by atoms with Crippen molar-refractivity contribution in [1.82, 2.24) is 75.8 Å². The van der Waals surface area contributed by atoms with E-state index in [1.807, 2.05) is 4.90 Å². The van der Waals surface area contributed by atoms with Gasteiger partial charge in [-0.05, 0) is 24.3 Å². The zero-order valence-electron chi connectivity index (χ0n) is 43.9. The number of aliphatic carboxylic acids is 2. The topological polar surface area (TPSA) is 347 Å². The van der Waals surface area contributed by atoms with Gasteiger partial charge in [0.15, 0.2) is 0 Å². The van der Waals surface area contributed by atoms with Crippen LogP contribution in [-0.4, -0.2) is 243 Å². The third kappa shape index (κ3) is 19.9. The number of methoxy groups -OCH3 is 1. The molecule has 432 valence electrons. The number of carboxylic acid groups (broad SMARTS) is 2. The fourth-order valence-corrected chi connectivity index (χ4v) is 8.51. The lowest BCUT2D eigenvalue weighted by molar-refractivity contribution is -0.140. The minimum absolute atomic E-state index is 0.00179. The summed E-state index contributed by atoms with van der Waals surface area (Å²) >= 11 is 6.15. The Bertz CT molecular complexity index is 2810. The van der Waals surface area contributed by atoms with E-state index < -0.39 is 61.1 Å². The molecule has 0 bridgehead atoms. The number of carbonyl (C=O) groups excluding carboxylic acids is 5. The maximum absolute atomic E-state index is 13.8. The Balaban J connectivity index is 0.921. The Hall–Kier alpha value is -7.66. The highest BCUT2D eigenvalue weighted by Crippen LogP contribution is 2.32. The largest absolute Gasteiger partial charge is 0.480 e. The van der Waals surface area contributed by atoms with Gasteiger partial charge in [0.25, 0.3) is 17.7 Å². The lowest BCUT2D eigenvalue weighted by Crippen LogP contribution is -2.44. The van der Waals surface area contributed by atoms with E-state index >= 15 is 0 Å². The van der Waals surface area contributed by atoms with Crippen LogP contribution in [0.5, 0.6) is 0 Å². The first-order valence-corrected chi connectivity index (χ1v) is 25.8. The van der Waals surface area contributed by atoms with Crippen LogP contribution in [0, 0.1) is 11.3 Å². The second-order valence-electron chi connectivity index (χ2n) is 18.6. The molecule has 0 saturated carbocycles. The van der Waals surface area contributed by atoms with Gasteiger partial charge in [0.2, 0.25) is 17.7 Å². The molecule has 6 N–H and O–H groups in total. The van der Waals surface area contributed by atoms with E-state index in [-0.39, 0.29) is 106 Å². The minimum atomic E-state index is -3.21. The number of hydrogen-bond acceptors (Lipinski definition) is 19. The van der Waals surface area contributed by atoms with Gasteiger partial charge in [-0.1, -0.05) is 22.0 Å². The van der Waals surface area contributed by atoms with Crippen LogP contribution in [0.3, 0.4) is 0 Å². The summed E-state index contributed by atoms with van der Waals surface area (Å²) in [6.07, 6.45) is 3.83. The molecular formula is C49H63ClF2N16O12. The molecule has 31 heteroatoms. The van der Waals surface area contributed by atoms with Gasteiger partial charge in [-0.25, -0.2) is 18.1 Å². The van der Waals surface area contributed by atoms with Crippen LogP contribution in [0.4, 0.5) is 8.78 Å². The highest BCUT2D eigenvalue weighted by molar-refractivity contribution is 6.33. The average Bonchev–Trinajstić information content (AvgIpc) is 4.27. The molecule has 28 nitrogen and oxygen atoms in total. The van der Waals surface area contributed by atoms with Gasteiger partial charge < -0.3 is 50.6 Å². The number of carboxylic acids is 2. The number of aromatic nitrogens is 7. The van der Waals surface area contributed by atoms with Crippen molar-refractivity contribution in [2.75, 3.05) is 125 Å². The van der Waals surface area contributed by atoms with Gasteiger partial charge in [0.1, 0.15) is 17.4 Å². The minimum Gasteiger partial charge on any atom is -0.480 e. The van der Waals surface area contributed by atoms with Crippen LogP contribution in [0.2, 0.25) is 5.02 Å². The molecule has 3 aromatic heterocycles.